The normalized spacial score (nSPS) is 12.9. The molecule has 4 heteroatoms. The Balaban J connectivity index is 2.84. The van der Waals surface area contributed by atoms with Gasteiger partial charge in [-0.2, -0.15) is 0 Å². The van der Waals surface area contributed by atoms with Crippen LogP contribution < -0.4 is 0 Å². The molecule has 0 saturated carbocycles. The largest absolute Gasteiger partial charge is 0.275 e. The molecule has 0 spiro atoms. The third kappa shape index (κ3) is 2.05. The molecule has 1 atom stereocenters. The Labute approximate surface area is 80.6 Å². The number of carbonyl (C=O) groups is 1. The first-order valence-electron chi connectivity index (χ1n) is 3.80. The number of hydrogen-bond donors (Lipinski definition) is 0. The lowest BCUT2D eigenvalue weighted by Gasteiger charge is -2.00. The van der Waals surface area contributed by atoms with Crippen molar-refractivity contribution in [2.75, 3.05) is 0 Å². The number of thiazole rings is 1. The Kier molecular flexibility index (Phi) is 3.23. The van der Waals surface area contributed by atoms with Gasteiger partial charge in [-0.15, -0.1) is 11.3 Å². The van der Waals surface area contributed by atoms with Crippen LogP contribution >= 0.6 is 22.9 Å². The zero-order valence-corrected chi connectivity index (χ0v) is 8.58. The molecule has 0 fully saturated rings. The Hall–Kier alpha value is -0.410. The van der Waals surface area contributed by atoms with Gasteiger partial charge in [0.15, 0.2) is 0 Å². The highest BCUT2D eigenvalue weighted by atomic mass is 35.5. The molecule has 1 unspecified atom stereocenters. The van der Waals surface area contributed by atoms with E-state index in [1.807, 2.05) is 0 Å². The van der Waals surface area contributed by atoms with Crippen LogP contribution in [0, 0.1) is 0 Å². The highest BCUT2D eigenvalue weighted by molar-refractivity contribution is 7.15. The van der Waals surface area contributed by atoms with Crippen molar-refractivity contribution < 1.29 is 4.79 Å². The molecule has 1 aromatic rings. The fourth-order valence-electron chi connectivity index (χ4n) is 0.781. The lowest BCUT2D eigenvalue weighted by atomic mass is 10.1. The number of halogens is 1. The molecule has 0 aromatic carbocycles. The Morgan fingerprint density at radius 2 is 2.50 bits per heavy atom. The van der Waals surface area contributed by atoms with E-state index in [1.54, 1.807) is 6.20 Å². The van der Waals surface area contributed by atoms with Crippen molar-refractivity contribution in [3.63, 3.8) is 0 Å². The fourth-order valence-corrected chi connectivity index (χ4v) is 1.83. The molecular formula is C8H10ClNOS. The SMILES string of the molecule is CCC(C)c1ncc(C(=O)Cl)s1. The second kappa shape index (κ2) is 4.01. The molecule has 0 radical (unpaired) electrons. The van der Waals surface area contributed by atoms with Crippen molar-refractivity contribution in [2.45, 2.75) is 26.2 Å². The topological polar surface area (TPSA) is 30.0 Å². The van der Waals surface area contributed by atoms with E-state index in [2.05, 4.69) is 18.8 Å². The van der Waals surface area contributed by atoms with E-state index in [0.29, 0.717) is 10.8 Å². The van der Waals surface area contributed by atoms with Crippen LogP contribution in [0.25, 0.3) is 0 Å². The molecule has 0 bridgehead atoms. The van der Waals surface area contributed by atoms with Gasteiger partial charge >= 0.3 is 0 Å². The Bertz CT molecular complexity index is 284. The highest BCUT2D eigenvalue weighted by Crippen LogP contribution is 2.24. The molecule has 0 aliphatic heterocycles. The third-order valence-electron chi connectivity index (χ3n) is 1.75. The third-order valence-corrected chi connectivity index (χ3v) is 3.29. The van der Waals surface area contributed by atoms with Crippen molar-refractivity contribution in [1.82, 2.24) is 4.98 Å². The smallest absolute Gasteiger partial charge is 0.264 e. The maximum atomic E-state index is 10.7. The van der Waals surface area contributed by atoms with Gasteiger partial charge in [0.05, 0.1) is 11.2 Å². The zero-order chi connectivity index (χ0) is 9.14. The summed E-state index contributed by atoms with van der Waals surface area (Å²) in [6, 6.07) is 0. The average molecular weight is 204 g/mol. The van der Waals surface area contributed by atoms with E-state index in [0.717, 1.165) is 11.4 Å². The predicted molar refractivity (Wildman–Crippen MR) is 51.0 cm³/mol. The van der Waals surface area contributed by atoms with Gasteiger partial charge < -0.3 is 0 Å². The van der Waals surface area contributed by atoms with Gasteiger partial charge in [-0.1, -0.05) is 13.8 Å². The van der Waals surface area contributed by atoms with Crippen LogP contribution in [0.4, 0.5) is 0 Å². The van der Waals surface area contributed by atoms with Gasteiger partial charge in [0.1, 0.15) is 4.88 Å². The van der Waals surface area contributed by atoms with E-state index in [9.17, 15) is 4.79 Å². The highest BCUT2D eigenvalue weighted by Gasteiger charge is 2.11. The maximum absolute atomic E-state index is 10.7. The summed E-state index contributed by atoms with van der Waals surface area (Å²) in [5.74, 6) is 0.416. The first kappa shape index (κ1) is 9.68. The summed E-state index contributed by atoms with van der Waals surface area (Å²) in [5, 5.41) is 0.573. The lowest BCUT2D eigenvalue weighted by Crippen LogP contribution is -1.87. The van der Waals surface area contributed by atoms with Gasteiger partial charge in [0, 0.05) is 5.92 Å². The van der Waals surface area contributed by atoms with Gasteiger partial charge in [-0.05, 0) is 18.0 Å². The summed E-state index contributed by atoms with van der Waals surface area (Å²) in [7, 11) is 0. The molecule has 66 valence electrons. The van der Waals surface area contributed by atoms with Gasteiger partial charge in [0.25, 0.3) is 5.24 Å². The number of nitrogens with zero attached hydrogens (tertiary/aromatic N) is 1. The molecule has 1 aromatic heterocycles. The predicted octanol–water partition coefficient (Wildman–Crippen LogP) is 3.04. The van der Waals surface area contributed by atoms with E-state index >= 15 is 0 Å². The molecule has 0 aliphatic rings. The molecule has 1 heterocycles. The average Bonchev–Trinajstić information content (AvgIpc) is 2.51. The van der Waals surface area contributed by atoms with Crippen LogP contribution in [0.2, 0.25) is 0 Å². The van der Waals surface area contributed by atoms with Gasteiger partial charge in [-0.3, -0.25) is 4.79 Å². The van der Waals surface area contributed by atoms with E-state index in [1.165, 1.54) is 11.3 Å². The van der Waals surface area contributed by atoms with Crippen molar-refractivity contribution in [2.24, 2.45) is 0 Å². The van der Waals surface area contributed by atoms with E-state index in [4.69, 9.17) is 11.6 Å². The van der Waals surface area contributed by atoms with Crippen molar-refractivity contribution in [3.05, 3.63) is 16.1 Å². The number of aromatic nitrogens is 1. The second-order valence-electron chi connectivity index (χ2n) is 2.65. The monoisotopic (exact) mass is 203 g/mol. The molecule has 0 amide bonds. The number of hydrogen-bond acceptors (Lipinski definition) is 3. The minimum absolute atomic E-state index is 0.415. The quantitative estimate of drug-likeness (QED) is 0.707. The van der Waals surface area contributed by atoms with Crippen molar-refractivity contribution >= 4 is 28.2 Å². The van der Waals surface area contributed by atoms with Crippen LogP contribution in [0.3, 0.4) is 0 Å². The van der Waals surface area contributed by atoms with Crippen LogP contribution in [-0.2, 0) is 0 Å². The summed E-state index contributed by atoms with van der Waals surface area (Å²) in [6.07, 6.45) is 2.57. The first-order chi connectivity index (χ1) is 5.65. The van der Waals surface area contributed by atoms with Crippen molar-refractivity contribution in [3.8, 4) is 0 Å². The molecular weight excluding hydrogens is 194 g/mol. The minimum Gasteiger partial charge on any atom is -0.275 e. The molecule has 1 rings (SSSR count). The maximum Gasteiger partial charge on any atom is 0.264 e. The Morgan fingerprint density at radius 3 is 2.92 bits per heavy atom. The first-order valence-corrected chi connectivity index (χ1v) is 5.00. The molecule has 0 saturated heterocycles. The molecule has 0 aliphatic carbocycles. The fraction of sp³-hybridized carbons (Fsp3) is 0.500. The van der Waals surface area contributed by atoms with Crippen LogP contribution in [-0.4, -0.2) is 10.2 Å². The van der Waals surface area contributed by atoms with Crippen molar-refractivity contribution in [1.29, 1.82) is 0 Å². The van der Waals surface area contributed by atoms with Crippen LogP contribution in [0.5, 0.6) is 0 Å². The zero-order valence-electron chi connectivity index (χ0n) is 7.00. The summed E-state index contributed by atoms with van der Waals surface area (Å²) in [4.78, 5) is 15.4. The van der Waals surface area contributed by atoms with Crippen LogP contribution in [0.1, 0.15) is 40.9 Å². The summed E-state index contributed by atoms with van der Waals surface area (Å²) in [6.45, 7) is 4.18. The number of rotatable bonds is 3. The van der Waals surface area contributed by atoms with Gasteiger partial charge in [0.2, 0.25) is 0 Å². The lowest BCUT2D eigenvalue weighted by molar-refractivity contribution is 0.108. The Morgan fingerprint density at radius 1 is 1.83 bits per heavy atom. The minimum atomic E-state index is -0.415. The second-order valence-corrected chi connectivity index (χ2v) is 4.05. The number of carbonyl (C=O) groups excluding carboxylic acids is 1. The summed E-state index contributed by atoms with van der Waals surface area (Å²) < 4.78 is 0. The standard InChI is InChI=1S/C8H10ClNOS/c1-3-5(2)8-10-4-6(12-8)7(9)11/h4-5H,3H2,1-2H3. The summed E-state index contributed by atoms with van der Waals surface area (Å²) in [5.41, 5.74) is 0. The van der Waals surface area contributed by atoms with E-state index < -0.39 is 5.24 Å². The van der Waals surface area contributed by atoms with E-state index in [-0.39, 0.29) is 0 Å². The molecule has 12 heavy (non-hydrogen) atoms. The summed E-state index contributed by atoms with van der Waals surface area (Å²) >= 11 is 6.68. The van der Waals surface area contributed by atoms with Crippen LogP contribution in [0.15, 0.2) is 6.20 Å². The molecule has 2 nitrogen and oxygen atoms in total. The van der Waals surface area contributed by atoms with Gasteiger partial charge in [-0.25, -0.2) is 4.98 Å². The molecule has 0 N–H and O–H groups in total.